The molecule has 0 N–H and O–H groups in total. The summed E-state index contributed by atoms with van der Waals surface area (Å²) in [7, 11) is 0. The Labute approximate surface area is 190 Å². The summed E-state index contributed by atoms with van der Waals surface area (Å²) in [5.41, 5.74) is 0. The van der Waals surface area contributed by atoms with E-state index in [-0.39, 0.29) is 0 Å². The van der Waals surface area contributed by atoms with Crippen molar-refractivity contribution >= 4 is 21.5 Å². The molecule has 2 aliphatic heterocycles. The zero-order valence-electron chi connectivity index (χ0n) is 18.9. The first-order chi connectivity index (χ1) is 15.9. The van der Waals surface area contributed by atoms with E-state index < -0.39 is 0 Å². The van der Waals surface area contributed by atoms with Crippen LogP contribution >= 0.6 is 0 Å². The molecule has 0 aromatic heterocycles. The molecule has 4 heteroatoms. The van der Waals surface area contributed by atoms with Gasteiger partial charge in [-0.05, 0) is 38.5 Å². The summed E-state index contributed by atoms with van der Waals surface area (Å²) in [4.78, 5) is 0. The molecule has 0 amide bonds. The van der Waals surface area contributed by atoms with Crippen molar-refractivity contribution in [3.05, 3.63) is 48.5 Å². The summed E-state index contributed by atoms with van der Waals surface area (Å²) >= 11 is 0. The SMILES string of the molecule is c1ccc2c(OCCCCCC3CO3)c3ccccc3c(OCCCCCC3CO3)c2c1. The van der Waals surface area contributed by atoms with Crippen molar-refractivity contribution in [1.82, 2.24) is 0 Å². The molecule has 0 saturated carbocycles. The number of unbranched alkanes of at least 4 members (excludes halogenated alkanes) is 4. The predicted octanol–water partition coefficient (Wildman–Crippen LogP) is 6.67. The average Bonchev–Trinajstić information content (AvgIpc) is 3.74. The lowest BCUT2D eigenvalue weighted by molar-refractivity contribution is 0.304. The van der Waals surface area contributed by atoms with Gasteiger partial charge < -0.3 is 18.9 Å². The van der Waals surface area contributed by atoms with Gasteiger partial charge in [0.15, 0.2) is 0 Å². The first kappa shape index (κ1) is 21.5. The summed E-state index contributed by atoms with van der Waals surface area (Å²) in [6.07, 6.45) is 10.4. The standard InChI is InChI=1S/C28H34O4/c1(3-11-21-19-31-21)9-17-29-27-23-13-5-7-15-25(23)28(26-16-8-6-14-24(26)27)30-18-10-2-4-12-22-20-32-22/h5-8,13-16,21-22H,1-4,9-12,17-20H2. The minimum atomic E-state index is 0.531. The van der Waals surface area contributed by atoms with Crippen LogP contribution in [0, 0.1) is 0 Å². The molecule has 2 heterocycles. The van der Waals surface area contributed by atoms with Crippen molar-refractivity contribution in [1.29, 1.82) is 0 Å². The molecule has 32 heavy (non-hydrogen) atoms. The quantitative estimate of drug-likeness (QED) is 0.161. The van der Waals surface area contributed by atoms with E-state index in [1.54, 1.807) is 0 Å². The summed E-state index contributed by atoms with van der Waals surface area (Å²) in [6.45, 7) is 3.39. The van der Waals surface area contributed by atoms with Crippen LogP contribution < -0.4 is 9.47 Å². The Hall–Kier alpha value is -2.30. The van der Waals surface area contributed by atoms with Gasteiger partial charge in [0.1, 0.15) is 11.5 Å². The molecular weight excluding hydrogens is 400 g/mol. The van der Waals surface area contributed by atoms with Crippen molar-refractivity contribution in [3.63, 3.8) is 0 Å². The van der Waals surface area contributed by atoms with Gasteiger partial charge in [-0.1, -0.05) is 61.4 Å². The van der Waals surface area contributed by atoms with Gasteiger partial charge in [-0.2, -0.15) is 0 Å². The van der Waals surface area contributed by atoms with E-state index in [4.69, 9.17) is 18.9 Å². The third kappa shape index (κ3) is 5.54. The number of fused-ring (bicyclic) bond motifs is 2. The van der Waals surface area contributed by atoms with E-state index in [2.05, 4.69) is 48.5 Å². The molecule has 0 radical (unpaired) electrons. The monoisotopic (exact) mass is 434 g/mol. The fourth-order valence-electron chi connectivity index (χ4n) is 4.48. The van der Waals surface area contributed by atoms with Crippen LogP contribution in [-0.2, 0) is 9.47 Å². The minimum absolute atomic E-state index is 0.531. The second-order valence-corrected chi connectivity index (χ2v) is 9.06. The van der Waals surface area contributed by atoms with Crippen LogP contribution in [0.3, 0.4) is 0 Å². The van der Waals surface area contributed by atoms with Crippen LogP contribution in [-0.4, -0.2) is 38.6 Å². The van der Waals surface area contributed by atoms with Gasteiger partial charge in [-0.15, -0.1) is 0 Å². The number of epoxide rings is 2. The summed E-state index contributed by atoms with van der Waals surface area (Å²) < 4.78 is 23.4. The Morgan fingerprint density at radius 1 is 0.562 bits per heavy atom. The number of rotatable bonds is 14. The molecule has 3 aromatic rings. The lowest BCUT2D eigenvalue weighted by Gasteiger charge is -2.18. The molecule has 0 aliphatic carbocycles. The van der Waals surface area contributed by atoms with Gasteiger partial charge in [0.2, 0.25) is 0 Å². The summed E-state index contributed by atoms with van der Waals surface area (Å²) in [6, 6.07) is 17.0. The molecule has 2 fully saturated rings. The lowest BCUT2D eigenvalue weighted by Crippen LogP contribution is -2.02. The average molecular weight is 435 g/mol. The van der Waals surface area contributed by atoms with E-state index in [0.29, 0.717) is 12.2 Å². The number of benzene rings is 3. The Kier molecular flexibility index (Phi) is 7.10. The Balaban J connectivity index is 1.28. The van der Waals surface area contributed by atoms with E-state index in [1.165, 1.54) is 38.5 Å². The van der Waals surface area contributed by atoms with Crippen LogP contribution in [0.5, 0.6) is 11.5 Å². The van der Waals surface area contributed by atoms with Crippen LogP contribution in [0.2, 0.25) is 0 Å². The second-order valence-electron chi connectivity index (χ2n) is 9.06. The molecule has 0 bridgehead atoms. The lowest BCUT2D eigenvalue weighted by atomic mass is 10.0. The normalized spacial score (nSPS) is 19.4. The zero-order valence-corrected chi connectivity index (χ0v) is 18.9. The Morgan fingerprint density at radius 3 is 1.28 bits per heavy atom. The molecule has 5 rings (SSSR count). The van der Waals surface area contributed by atoms with Crippen LogP contribution in [0.1, 0.15) is 51.4 Å². The number of ether oxygens (including phenoxy) is 4. The molecule has 0 spiro atoms. The molecule has 2 unspecified atom stereocenters. The highest BCUT2D eigenvalue weighted by molar-refractivity contribution is 6.11. The fourth-order valence-corrected chi connectivity index (χ4v) is 4.48. The van der Waals surface area contributed by atoms with Gasteiger partial charge in [-0.3, -0.25) is 0 Å². The molecular formula is C28H34O4. The zero-order chi connectivity index (χ0) is 21.6. The van der Waals surface area contributed by atoms with Crippen LogP contribution in [0.15, 0.2) is 48.5 Å². The molecule has 2 atom stereocenters. The Bertz CT molecular complexity index is 884. The molecule has 4 nitrogen and oxygen atoms in total. The van der Waals surface area contributed by atoms with Gasteiger partial charge in [0.05, 0.1) is 38.6 Å². The molecule has 170 valence electrons. The third-order valence-electron chi connectivity index (χ3n) is 6.47. The minimum Gasteiger partial charge on any atom is -0.492 e. The maximum Gasteiger partial charge on any atom is 0.135 e. The van der Waals surface area contributed by atoms with Crippen molar-refractivity contribution in [2.45, 2.75) is 63.6 Å². The van der Waals surface area contributed by atoms with Crippen molar-refractivity contribution in [3.8, 4) is 11.5 Å². The number of hydrogen-bond acceptors (Lipinski definition) is 4. The van der Waals surface area contributed by atoms with Gasteiger partial charge >= 0.3 is 0 Å². The third-order valence-corrected chi connectivity index (χ3v) is 6.47. The highest BCUT2D eigenvalue weighted by Crippen LogP contribution is 2.42. The topological polar surface area (TPSA) is 43.5 Å². The smallest absolute Gasteiger partial charge is 0.135 e. The van der Waals surface area contributed by atoms with Gasteiger partial charge in [0, 0.05) is 21.5 Å². The fraction of sp³-hybridized carbons (Fsp3) is 0.500. The first-order valence-electron chi connectivity index (χ1n) is 12.3. The maximum atomic E-state index is 6.40. The highest BCUT2D eigenvalue weighted by atomic mass is 16.6. The molecule has 2 saturated heterocycles. The van der Waals surface area contributed by atoms with Crippen molar-refractivity contribution in [2.75, 3.05) is 26.4 Å². The van der Waals surface area contributed by atoms with Crippen LogP contribution in [0.25, 0.3) is 21.5 Å². The van der Waals surface area contributed by atoms with Gasteiger partial charge in [-0.25, -0.2) is 0 Å². The highest BCUT2D eigenvalue weighted by Gasteiger charge is 2.22. The van der Waals surface area contributed by atoms with Crippen molar-refractivity contribution in [2.24, 2.45) is 0 Å². The van der Waals surface area contributed by atoms with E-state index in [1.807, 2.05) is 0 Å². The van der Waals surface area contributed by atoms with Crippen LogP contribution in [0.4, 0.5) is 0 Å². The summed E-state index contributed by atoms with van der Waals surface area (Å²) in [5.74, 6) is 1.97. The first-order valence-corrected chi connectivity index (χ1v) is 12.3. The predicted molar refractivity (Wildman–Crippen MR) is 129 cm³/mol. The van der Waals surface area contributed by atoms with Gasteiger partial charge in [0.25, 0.3) is 0 Å². The number of hydrogen-bond donors (Lipinski definition) is 0. The molecule has 3 aromatic carbocycles. The largest absolute Gasteiger partial charge is 0.492 e. The second kappa shape index (κ2) is 10.5. The summed E-state index contributed by atoms with van der Waals surface area (Å²) in [5, 5.41) is 4.55. The molecule has 2 aliphatic rings. The van der Waals surface area contributed by atoms with Crippen molar-refractivity contribution < 1.29 is 18.9 Å². The van der Waals surface area contributed by atoms with E-state index in [9.17, 15) is 0 Å². The van der Waals surface area contributed by atoms with E-state index in [0.717, 1.165) is 72.3 Å². The Morgan fingerprint density at radius 2 is 0.938 bits per heavy atom. The maximum absolute atomic E-state index is 6.40. The van der Waals surface area contributed by atoms with E-state index >= 15 is 0 Å².